The maximum Gasteiger partial charge on any atom is 0.416 e. The Morgan fingerprint density at radius 2 is 1.88 bits per heavy atom. The van der Waals surface area contributed by atoms with Crippen LogP contribution in [-0.4, -0.2) is 57.0 Å². The molecule has 2 aromatic rings. The average molecular weight is 482 g/mol. The Hall–Kier alpha value is -3.47. The number of halogens is 3. The summed E-state index contributed by atoms with van der Waals surface area (Å²) in [6.45, 7) is 1.11. The Labute approximate surface area is 194 Å². The van der Waals surface area contributed by atoms with E-state index in [1.54, 1.807) is 12.1 Å². The van der Waals surface area contributed by atoms with Gasteiger partial charge >= 0.3 is 12.1 Å². The fraction of sp³-hybridized carbons (Fsp3) is 0.391. The number of aryl methyl sites for hydroxylation is 1. The zero-order valence-electron chi connectivity index (χ0n) is 18.5. The fourth-order valence-corrected chi connectivity index (χ4v) is 3.43. The number of nitrogens with zero attached hydrogens (tertiary/aromatic N) is 1. The van der Waals surface area contributed by atoms with Crippen LogP contribution >= 0.6 is 0 Å². The molecule has 184 valence electrons. The summed E-state index contributed by atoms with van der Waals surface area (Å²) in [5.41, 5.74) is 0.167. The number of aromatic hydroxyl groups is 1. The van der Waals surface area contributed by atoms with Crippen LogP contribution in [0.2, 0.25) is 0 Å². The van der Waals surface area contributed by atoms with Crippen LogP contribution in [0.4, 0.5) is 24.5 Å². The SMILES string of the molecule is COc1ccc(CCC(=O)OCC(=O)Nc2cc(C(F)(F)F)ccc2N2CCOCC2)cc1O. The van der Waals surface area contributed by atoms with E-state index in [9.17, 15) is 27.9 Å². The largest absolute Gasteiger partial charge is 0.504 e. The molecule has 1 aliphatic rings. The molecule has 0 spiro atoms. The topological polar surface area (TPSA) is 97.3 Å². The van der Waals surface area contributed by atoms with E-state index in [1.807, 2.05) is 4.90 Å². The Bertz CT molecular complexity index is 1020. The van der Waals surface area contributed by atoms with E-state index >= 15 is 0 Å². The Morgan fingerprint density at radius 1 is 1.15 bits per heavy atom. The first-order valence-corrected chi connectivity index (χ1v) is 10.5. The van der Waals surface area contributed by atoms with E-state index in [2.05, 4.69) is 5.32 Å². The zero-order chi connectivity index (χ0) is 24.7. The van der Waals surface area contributed by atoms with E-state index in [-0.39, 0.29) is 24.3 Å². The van der Waals surface area contributed by atoms with Crippen molar-refractivity contribution >= 4 is 23.3 Å². The number of carbonyl (C=O) groups is 2. The van der Waals surface area contributed by atoms with Crippen molar-refractivity contribution in [2.24, 2.45) is 0 Å². The van der Waals surface area contributed by atoms with Gasteiger partial charge in [0.2, 0.25) is 0 Å². The van der Waals surface area contributed by atoms with Crippen molar-refractivity contribution in [3.63, 3.8) is 0 Å². The summed E-state index contributed by atoms with van der Waals surface area (Å²) < 4.78 is 54.7. The standard InChI is InChI=1S/C23H25F3N2O6/c1-32-20-6-2-15(12-19(20)29)3-7-22(31)34-14-21(30)27-17-13-16(23(24,25)26)4-5-18(17)28-8-10-33-11-9-28/h2,4-6,12-13,29H,3,7-11,14H2,1H3,(H,27,30). The Balaban J connectivity index is 1.58. The smallest absolute Gasteiger partial charge is 0.416 e. The minimum atomic E-state index is -4.58. The monoisotopic (exact) mass is 482 g/mol. The predicted octanol–water partition coefficient (Wildman–Crippen LogP) is 3.37. The van der Waals surface area contributed by atoms with Gasteiger partial charge in [0.25, 0.3) is 5.91 Å². The lowest BCUT2D eigenvalue weighted by molar-refractivity contribution is -0.147. The number of nitrogens with one attached hydrogen (secondary N) is 1. The molecule has 2 N–H and O–H groups in total. The van der Waals surface area contributed by atoms with E-state index in [0.29, 0.717) is 43.3 Å². The normalized spacial score (nSPS) is 13.9. The van der Waals surface area contributed by atoms with Gasteiger partial charge in [0, 0.05) is 19.5 Å². The quantitative estimate of drug-likeness (QED) is 0.557. The van der Waals surface area contributed by atoms with Crippen LogP contribution in [0.15, 0.2) is 36.4 Å². The number of carbonyl (C=O) groups excluding carboxylic acids is 2. The summed E-state index contributed by atoms with van der Waals surface area (Å²) in [6, 6.07) is 7.82. The second kappa shape index (κ2) is 11.1. The predicted molar refractivity (Wildman–Crippen MR) is 117 cm³/mol. The summed E-state index contributed by atoms with van der Waals surface area (Å²) in [7, 11) is 1.42. The fourth-order valence-electron chi connectivity index (χ4n) is 3.43. The molecule has 1 aliphatic heterocycles. The highest BCUT2D eigenvalue weighted by atomic mass is 19.4. The van der Waals surface area contributed by atoms with Gasteiger partial charge in [-0.15, -0.1) is 0 Å². The van der Waals surface area contributed by atoms with Gasteiger partial charge in [-0.2, -0.15) is 13.2 Å². The minimum Gasteiger partial charge on any atom is -0.504 e. The number of hydrogen-bond donors (Lipinski definition) is 2. The number of alkyl halides is 3. The number of phenols is 1. The lowest BCUT2D eigenvalue weighted by Gasteiger charge is -2.31. The summed E-state index contributed by atoms with van der Waals surface area (Å²) >= 11 is 0. The van der Waals surface area contributed by atoms with Gasteiger partial charge in [-0.3, -0.25) is 9.59 Å². The van der Waals surface area contributed by atoms with Crippen molar-refractivity contribution in [2.45, 2.75) is 19.0 Å². The van der Waals surface area contributed by atoms with Crippen molar-refractivity contribution in [3.8, 4) is 11.5 Å². The van der Waals surface area contributed by atoms with Crippen LogP contribution < -0.4 is 15.0 Å². The third kappa shape index (κ3) is 6.77. The number of methoxy groups -OCH3 is 1. The van der Waals surface area contributed by atoms with Crippen molar-refractivity contribution in [1.29, 1.82) is 0 Å². The lowest BCUT2D eigenvalue weighted by Crippen LogP contribution is -2.37. The number of rotatable bonds is 8. The maximum atomic E-state index is 13.2. The number of hydrogen-bond acceptors (Lipinski definition) is 7. The second-order valence-corrected chi connectivity index (χ2v) is 7.54. The van der Waals surface area contributed by atoms with Gasteiger partial charge in [-0.05, 0) is 42.3 Å². The number of phenolic OH excluding ortho intramolecular Hbond substituents is 1. The molecule has 1 amide bonds. The molecule has 0 aliphatic carbocycles. The van der Waals surface area contributed by atoms with Gasteiger partial charge in [-0.1, -0.05) is 6.07 Å². The van der Waals surface area contributed by atoms with Crippen molar-refractivity contribution in [1.82, 2.24) is 0 Å². The number of ether oxygens (including phenoxy) is 3. The Kier molecular flexibility index (Phi) is 8.21. The number of anilines is 2. The van der Waals surface area contributed by atoms with Gasteiger partial charge < -0.3 is 29.5 Å². The van der Waals surface area contributed by atoms with Crippen LogP contribution in [0.5, 0.6) is 11.5 Å². The molecule has 11 heteroatoms. The summed E-state index contributed by atoms with van der Waals surface area (Å²) in [5, 5.41) is 12.2. The van der Waals surface area contributed by atoms with Gasteiger partial charge in [0.05, 0.1) is 37.3 Å². The summed E-state index contributed by atoms with van der Waals surface area (Å²) in [5.74, 6) is -1.19. The van der Waals surface area contributed by atoms with Gasteiger partial charge in [-0.25, -0.2) is 0 Å². The lowest BCUT2D eigenvalue weighted by atomic mass is 10.1. The molecule has 34 heavy (non-hydrogen) atoms. The second-order valence-electron chi connectivity index (χ2n) is 7.54. The molecule has 0 saturated carbocycles. The van der Waals surface area contributed by atoms with Crippen LogP contribution in [0.1, 0.15) is 17.5 Å². The number of esters is 1. The van der Waals surface area contributed by atoms with E-state index < -0.39 is 30.2 Å². The molecular weight excluding hydrogens is 457 g/mol. The van der Waals surface area contributed by atoms with E-state index in [0.717, 1.165) is 12.1 Å². The highest BCUT2D eigenvalue weighted by Gasteiger charge is 2.32. The number of morpholine rings is 1. The Morgan fingerprint density at radius 3 is 2.53 bits per heavy atom. The first-order chi connectivity index (χ1) is 16.2. The van der Waals surface area contributed by atoms with Crippen LogP contribution in [0, 0.1) is 0 Å². The maximum absolute atomic E-state index is 13.2. The zero-order valence-corrected chi connectivity index (χ0v) is 18.5. The highest BCUT2D eigenvalue weighted by Crippen LogP contribution is 2.35. The third-order valence-electron chi connectivity index (χ3n) is 5.18. The molecule has 0 unspecified atom stereocenters. The molecule has 0 atom stereocenters. The third-order valence-corrected chi connectivity index (χ3v) is 5.18. The molecule has 8 nitrogen and oxygen atoms in total. The number of benzene rings is 2. The molecule has 2 aromatic carbocycles. The molecular formula is C23H25F3N2O6. The molecule has 3 rings (SSSR count). The van der Waals surface area contributed by atoms with Crippen LogP contribution in [0.25, 0.3) is 0 Å². The molecule has 0 radical (unpaired) electrons. The van der Waals surface area contributed by atoms with Crippen molar-refractivity contribution < 1.29 is 42.1 Å². The van der Waals surface area contributed by atoms with Crippen LogP contribution in [-0.2, 0) is 31.7 Å². The van der Waals surface area contributed by atoms with Crippen molar-refractivity contribution in [3.05, 3.63) is 47.5 Å². The van der Waals surface area contributed by atoms with Gasteiger partial charge in [0.1, 0.15) is 0 Å². The van der Waals surface area contributed by atoms with E-state index in [1.165, 1.54) is 19.2 Å². The van der Waals surface area contributed by atoms with Gasteiger partial charge in [0.15, 0.2) is 18.1 Å². The minimum absolute atomic E-state index is 0.0218. The average Bonchev–Trinajstić information content (AvgIpc) is 2.81. The molecule has 1 saturated heterocycles. The van der Waals surface area contributed by atoms with E-state index in [4.69, 9.17) is 14.2 Å². The first kappa shape index (κ1) is 25.2. The summed E-state index contributed by atoms with van der Waals surface area (Å²) in [4.78, 5) is 26.2. The molecule has 0 aromatic heterocycles. The molecule has 0 bridgehead atoms. The molecule has 1 heterocycles. The number of amides is 1. The van der Waals surface area contributed by atoms with Crippen LogP contribution in [0.3, 0.4) is 0 Å². The molecule has 1 fully saturated rings. The first-order valence-electron chi connectivity index (χ1n) is 10.5. The van der Waals surface area contributed by atoms with Crippen molar-refractivity contribution in [2.75, 3.05) is 50.2 Å². The highest BCUT2D eigenvalue weighted by molar-refractivity contribution is 5.96. The summed E-state index contributed by atoms with van der Waals surface area (Å²) in [6.07, 6.45) is -4.38.